The van der Waals surface area contributed by atoms with E-state index in [2.05, 4.69) is 20.4 Å². The molecule has 42 heavy (non-hydrogen) atoms. The molecule has 14 nitrogen and oxygen atoms in total. The van der Waals surface area contributed by atoms with Crippen LogP contribution in [-0.4, -0.2) is 84.5 Å². The molecule has 3 aromatic rings. The Morgan fingerprint density at radius 3 is 2.43 bits per heavy atom. The Balaban J connectivity index is 1.64. The molecular weight excluding hydrogens is 568 g/mol. The average Bonchev–Trinajstić information content (AvgIpc) is 3.45. The monoisotopic (exact) mass is 604 g/mol. The number of amides is 3. The van der Waals surface area contributed by atoms with E-state index in [0.717, 1.165) is 0 Å². The van der Waals surface area contributed by atoms with Gasteiger partial charge in [0.25, 0.3) is 15.9 Å². The van der Waals surface area contributed by atoms with Crippen molar-refractivity contribution >= 4 is 33.3 Å². The molecule has 4 rings (SSSR count). The van der Waals surface area contributed by atoms with Gasteiger partial charge in [-0.1, -0.05) is 17.2 Å². The zero-order chi connectivity index (χ0) is 30.9. The highest BCUT2D eigenvalue weighted by Gasteiger charge is 2.35. The summed E-state index contributed by atoms with van der Waals surface area (Å²) < 4.78 is 45.1. The first-order valence-corrected chi connectivity index (χ1v) is 14.8. The van der Waals surface area contributed by atoms with E-state index in [1.807, 2.05) is 6.92 Å². The fourth-order valence-electron chi connectivity index (χ4n) is 4.79. The molecule has 0 radical (unpaired) electrons. The van der Waals surface area contributed by atoms with Gasteiger partial charge >= 0.3 is 6.03 Å². The number of aryl methyl sites for hydroxylation is 4. The summed E-state index contributed by atoms with van der Waals surface area (Å²) in [6.45, 7) is 10.1. The summed E-state index contributed by atoms with van der Waals surface area (Å²) in [5.41, 5.74) is 1.47. The predicted octanol–water partition coefficient (Wildman–Crippen LogP) is 3.08. The third-order valence-corrected chi connectivity index (χ3v) is 8.84. The number of carbonyl (C=O) groups is 2. The zero-order valence-corrected chi connectivity index (χ0v) is 25.4. The van der Waals surface area contributed by atoms with Crippen LogP contribution in [0.2, 0.25) is 0 Å². The van der Waals surface area contributed by atoms with E-state index in [1.54, 1.807) is 27.8 Å². The van der Waals surface area contributed by atoms with Crippen LogP contribution in [0.4, 0.5) is 16.2 Å². The highest BCUT2D eigenvalue weighted by Crippen LogP contribution is 2.32. The number of hydrogen-bond donors (Lipinski definition) is 3. The van der Waals surface area contributed by atoms with Gasteiger partial charge in [0.05, 0.1) is 24.8 Å². The van der Waals surface area contributed by atoms with Crippen LogP contribution in [0, 0.1) is 33.6 Å². The normalized spacial score (nSPS) is 18.0. The number of aliphatic hydroxyl groups is 1. The molecule has 3 N–H and O–H groups in total. The topological polar surface area (TPSA) is 180 Å². The minimum absolute atomic E-state index is 0.0841. The second kappa shape index (κ2) is 12.0. The maximum Gasteiger partial charge on any atom is 0.321 e. The lowest BCUT2D eigenvalue weighted by Gasteiger charge is -2.38. The standard InChI is InChI=1S/C27H36N6O8S/c1-14-11-33(15(2)13-34)26(35)21-10-20(31-42(37,38)25-17(4)30-41-19(25)6)8-9-22(21)39-23(14)12-32(7)27(36)28-24-16(3)29-40-18(24)5/h8-10,14-15,23,31,34H,11-13H2,1-7H3,(H,28,36)/t14-,15+,23+/m1/s1. The van der Waals surface area contributed by atoms with Gasteiger partial charge in [0, 0.05) is 25.2 Å². The van der Waals surface area contributed by atoms with Gasteiger partial charge in [-0.2, -0.15) is 0 Å². The smallest absolute Gasteiger partial charge is 0.321 e. The van der Waals surface area contributed by atoms with E-state index in [0.29, 0.717) is 17.1 Å². The molecule has 3 heterocycles. The van der Waals surface area contributed by atoms with Crippen molar-refractivity contribution in [2.75, 3.05) is 36.8 Å². The Morgan fingerprint density at radius 1 is 1.17 bits per heavy atom. The second-order valence-electron chi connectivity index (χ2n) is 10.6. The number of nitrogens with zero attached hydrogens (tertiary/aromatic N) is 4. The van der Waals surface area contributed by atoms with Crippen molar-refractivity contribution in [2.24, 2.45) is 5.92 Å². The quantitative estimate of drug-likeness (QED) is 0.346. The molecule has 3 atom stereocenters. The van der Waals surface area contributed by atoms with Crippen LogP contribution < -0.4 is 14.8 Å². The van der Waals surface area contributed by atoms with Crippen molar-refractivity contribution in [3.05, 3.63) is 46.7 Å². The van der Waals surface area contributed by atoms with Gasteiger partial charge < -0.3 is 34.0 Å². The fourth-order valence-corrected chi connectivity index (χ4v) is 6.17. The Hall–Kier alpha value is -4.11. The molecule has 228 valence electrons. The number of ether oxygens (including phenoxy) is 1. The van der Waals surface area contributed by atoms with Crippen LogP contribution in [0.25, 0.3) is 0 Å². The predicted molar refractivity (Wildman–Crippen MR) is 152 cm³/mol. The zero-order valence-electron chi connectivity index (χ0n) is 24.6. The minimum Gasteiger partial charge on any atom is -0.487 e. The van der Waals surface area contributed by atoms with Crippen LogP contribution in [0.15, 0.2) is 32.1 Å². The van der Waals surface area contributed by atoms with Gasteiger partial charge in [-0.15, -0.1) is 0 Å². The maximum absolute atomic E-state index is 13.7. The van der Waals surface area contributed by atoms with Crippen molar-refractivity contribution in [3.63, 3.8) is 0 Å². The number of sulfonamides is 1. The molecule has 0 saturated carbocycles. The van der Waals surface area contributed by atoms with Crippen LogP contribution in [-0.2, 0) is 10.0 Å². The average molecular weight is 605 g/mol. The summed E-state index contributed by atoms with van der Waals surface area (Å²) in [7, 11) is -2.45. The molecule has 15 heteroatoms. The highest BCUT2D eigenvalue weighted by molar-refractivity contribution is 7.92. The van der Waals surface area contributed by atoms with E-state index < -0.39 is 34.1 Å². The molecule has 0 spiro atoms. The molecule has 1 aromatic carbocycles. The van der Waals surface area contributed by atoms with Crippen molar-refractivity contribution in [2.45, 2.75) is 58.6 Å². The van der Waals surface area contributed by atoms with Crippen molar-refractivity contribution < 1.29 is 36.9 Å². The number of rotatable bonds is 8. The van der Waals surface area contributed by atoms with Crippen molar-refractivity contribution in [1.29, 1.82) is 0 Å². The molecule has 0 bridgehead atoms. The van der Waals surface area contributed by atoms with Gasteiger partial charge in [0.2, 0.25) is 0 Å². The molecule has 2 aromatic heterocycles. The van der Waals surface area contributed by atoms with Gasteiger partial charge in [-0.3, -0.25) is 9.52 Å². The maximum atomic E-state index is 13.7. The largest absolute Gasteiger partial charge is 0.487 e. The highest BCUT2D eigenvalue weighted by atomic mass is 32.2. The summed E-state index contributed by atoms with van der Waals surface area (Å²) in [6.07, 6.45) is -0.560. The number of hydrogen-bond acceptors (Lipinski definition) is 10. The van der Waals surface area contributed by atoms with Crippen LogP contribution >= 0.6 is 0 Å². The number of aromatic nitrogens is 2. The number of anilines is 2. The van der Waals surface area contributed by atoms with E-state index >= 15 is 0 Å². The molecule has 1 aliphatic rings. The Morgan fingerprint density at radius 2 is 1.83 bits per heavy atom. The fraction of sp³-hybridized carbons (Fsp3) is 0.481. The molecular formula is C27H36N6O8S. The van der Waals surface area contributed by atoms with E-state index in [1.165, 1.54) is 41.8 Å². The molecule has 0 saturated heterocycles. The molecule has 0 unspecified atom stereocenters. The summed E-state index contributed by atoms with van der Waals surface area (Å²) in [5, 5.41) is 20.3. The number of carbonyl (C=O) groups excluding carboxylic acids is 2. The van der Waals surface area contributed by atoms with E-state index in [-0.39, 0.29) is 59.0 Å². The first-order valence-electron chi connectivity index (χ1n) is 13.4. The number of fused-ring (bicyclic) bond motifs is 1. The van der Waals surface area contributed by atoms with Crippen molar-refractivity contribution in [1.82, 2.24) is 20.1 Å². The lowest BCUT2D eigenvalue weighted by Crippen LogP contribution is -2.50. The third-order valence-electron chi connectivity index (χ3n) is 7.22. The van der Waals surface area contributed by atoms with E-state index in [4.69, 9.17) is 13.8 Å². The van der Waals surface area contributed by atoms with Gasteiger partial charge in [0.1, 0.15) is 28.9 Å². The van der Waals surface area contributed by atoms with Gasteiger partial charge in [-0.25, -0.2) is 13.2 Å². The minimum atomic E-state index is -4.07. The molecule has 3 amide bonds. The van der Waals surface area contributed by atoms with Crippen LogP contribution in [0.3, 0.4) is 0 Å². The van der Waals surface area contributed by atoms with Crippen LogP contribution in [0.1, 0.15) is 47.1 Å². The SMILES string of the molecule is Cc1noc(C)c1NC(=O)N(C)C[C@@H]1Oc2ccc(NS(=O)(=O)c3c(C)noc3C)cc2C(=O)N([C@@H](C)CO)C[C@H]1C. The number of benzene rings is 1. The second-order valence-corrected chi connectivity index (χ2v) is 12.2. The van der Waals surface area contributed by atoms with Crippen molar-refractivity contribution in [3.8, 4) is 5.75 Å². The summed E-state index contributed by atoms with van der Waals surface area (Å²) in [5.74, 6) is 0.147. The summed E-state index contributed by atoms with van der Waals surface area (Å²) in [4.78, 5) is 29.6. The summed E-state index contributed by atoms with van der Waals surface area (Å²) >= 11 is 0. The number of likely N-dealkylation sites (N-methyl/N-ethyl adjacent to an activating group) is 1. The molecule has 0 fully saturated rings. The summed E-state index contributed by atoms with van der Waals surface area (Å²) in [6, 6.07) is 3.46. The van der Waals surface area contributed by atoms with Gasteiger partial charge in [0.15, 0.2) is 16.4 Å². The van der Waals surface area contributed by atoms with E-state index in [9.17, 15) is 23.1 Å². The molecule has 1 aliphatic heterocycles. The Bertz CT molecular complexity index is 1540. The Labute approximate surface area is 244 Å². The number of nitrogens with one attached hydrogen (secondary N) is 2. The van der Waals surface area contributed by atoms with Crippen LogP contribution in [0.5, 0.6) is 5.75 Å². The first-order chi connectivity index (χ1) is 19.7. The first kappa shape index (κ1) is 30.8. The molecule has 0 aliphatic carbocycles. The third kappa shape index (κ3) is 6.21. The lowest BCUT2D eigenvalue weighted by molar-refractivity contribution is 0.0371. The number of urea groups is 1. The number of aliphatic hydroxyl groups excluding tert-OH is 1. The Kier molecular flexibility index (Phi) is 8.82. The van der Waals surface area contributed by atoms with Gasteiger partial charge in [-0.05, 0) is 52.8 Å². The lowest BCUT2D eigenvalue weighted by atomic mass is 9.99.